The van der Waals surface area contributed by atoms with Gasteiger partial charge in [-0.3, -0.25) is 4.98 Å². The average molecular weight is 503 g/mol. The number of hydrogen-bond donors (Lipinski definition) is 3. The maximum Gasteiger partial charge on any atom is 0.223 e. The Labute approximate surface area is 207 Å². The van der Waals surface area contributed by atoms with Gasteiger partial charge in [-0.05, 0) is 43.9 Å². The standard InChI is InChI=1S/C25H28ClFN4O4/c1-11(2)19-14-5-12(6-17(27)21(14)28-8-15(19)25(3,4)33)20-16(26)9-29-24(31-20)30-18-7-13-10-34-23(35-13)22(18)32/h5-6,8-9,11,13,18,22-23,32-33H,7,10H2,1-4H3,(H,29,30,31)/t13-,18+,22-,23+/m0/s1. The highest BCUT2D eigenvalue weighted by atomic mass is 35.5. The van der Waals surface area contributed by atoms with E-state index in [1.807, 2.05) is 13.8 Å². The third-order valence-electron chi connectivity index (χ3n) is 6.52. The van der Waals surface area contributed by atoms with Gasteiger partial charge < -0.3 is 25.0 Å². The second kappa shape index (κ2) is 8.90. The van der Waals surface area contributed by atoms with Crippen LogP contribution in [0.25, 0.3) is 22.2 Å². The molecule has 10 heteroatoms. The van der Waals surface area contributed by atoms with E-state index in [4.69, 9.17) is 21.1 Å². The molecule has 1 aromatic carbocycles. The largest absolute Gasteiger partial charge is 0.386 e. The van der Waals surface area contributed by atoms with Crippen molar-refractivity contribution in [1.82, 2.24) is 15.0 Å². The second-order valence-corrected chi connectivity index (χ2v) is 10.4. The van der Waals surface area contributed by atoms with Crippen molar-refractivity contribution >= 4 is 28.5 Å². The van der Waals surface area contributed by atoms with Gasteiger partial charge in [-0.1, -0.05) is 25.4 Å². The molecule has 8 nitrogen and oxygen atoms in total. The molecule has 2 saturated heterocycles. The van der Waals surface area contributed by atoms with Crippen LogP contribution in [-0.2, 0) is 15.1 Å². The topological polar surface area (TPSA) is 110 Å². The van der Waals surface area contributed by atoms with Crippen molar-refractivity contribution in [3.8, 4) is 11.3 Å². The highest BCUT2D eigenvalue weighted by molar-refractivity contribution is 6.33. The highest BCUT2D eigenvalue weighted by Crippen LogP contribution is 2.38. The summed E-state index contributed by atoms with van der Waals surface area (Å²) < 4.78 is 26.3. The van der Waals surface area contributed by atoms with E-state index in [0.717, 1.165) is 5.56 Å². The first kappa shape index (κ1) is 24.3. The molecule has 0 amide bonds. The lowest BCUT2D eigenvalue weighted by Gasteiger charge is -2.32. The van der Waals surface area contributed by atoms with Crippen molar-refractivity contribution in [2.24, 2.45) is 0 Å². The molecule has 4 heterocycles. The molecule has 3 aromatic rings. The molecule has 35 heavy (non-hydrogen) atoms. The summed E-state index contributed by atoms with van der Waals surface area (Å²) in [5, 5.41) is 25.2. The van der Waals surface area contributed by atoms with Crippen LogP contribution in [0.1, 0.15) is 51.2 Å². The van der Waals surface area contributed by atoms with Gasteiger partial charge in [-0.2, -0.15) is 0 Å². The van der Waals surface area contributed by atoms with Crippen LogP contribution >= 0.6 is 11.6 Å². The summed E-state index contributed by atoms with van der Waals surface area (Å²) in [6, 6.07) is 2.78. The number of nitrogens with zero attached hydrogens (tertiary/aromatic N) is 3. The number of aliphatic hydroxyl groups excluding tert-OH is 1. The average Bonchev–Trinajstić information content (AvgIpc) is 3.20. The number of aromatic nitrogens is 3. The molecule has 4 atom stereocenters. The minimum Gasteiger partial charge on any atom is -0.386 e. The van der Waals surface area contributed by atoms with Gasteiger partial charge in [0.2, 0.25) is 5.95 Å². The molecular weight excluding hydrogens is 475 g/mol. The fourth-order valence-electron chi connectivity index (χ4n) is 4.86. The summed E-state index contributed by atoms with van der Waals surface area (Å²) in [4.78, 5) is 13.1. The molecule has 2 aliphatic heterocycles. The van der Waals surface area contributed by atoms with Crippen LogP contribution in [0.5, 0.6) is 0 Å². The third-order valence-corrected chi connectivity index (χ3v) is 6.79. The summed E-state index contributed by atoms with van der Waals surface area (Å²) in [7, 11) is 0. The van der Waals surface area contributed by atoms with Crippen LogP contribution < -0.4 is 5.32 Å². The van der Waals surface area contributed by atoms with E-state index in [2.05, 4.69) is 20.3 Å². The van der Waals surface area contributed by atoms with E-state index in [9.17, 15) is 10.2 Å². The van der Waals surface area contributed by atoms with Crippen LogP contribution in [-0.4, -0.2) is 56.3 Å². The maximum absolute atomic E-state index is 15.3. The molecule has 2 aromatic heterocycles. The van der Waals surface area contributed by atoms with Crippen LogP contribution in [0, 0.1) is 5.82 Å². The number of fused-ring (bicyclic) bond motifs is 3. The number of halogens is 2. The van der Waals surface area contributed by atoms with Crippen molar-refractivity contribution in [1.29, 1.82) is 0 Å². The Bertz CT molecular complexity index is 1280. The summed E-state index contributed by atoms with van der Waals surface area (Å²) in [5.41, 5.74) is 1.32. The van der Waals surface area contributed by atoms with Crippen LogP contribution in [0.4, 0.5) is 10.3 Å². The second-order valence-electron chi connectivity index (χ2n) is 9.98. The van der Waals surface area contributed by atoms with Crippen molar-refractivity contribution in [3.05, 3.63) is 46.5 Å². The minimum absolute atomic E-state index is 0.00210. The van der Waals surface area contributed by atoms with Gasteiger partial charge in [0.15, 0.2) is 6.29 Å². The van der Waals surface area contributed by atoms with Crippen LogP contribution in [0.3, 0.4) is 0 Å². The zero-order valence-corrected chi connectivity index (χ0v) is 20.7. The normalized spacial score (nSPS) is 24.4. The lowest BCUT2D eigenvalue weighted by molar-refractivity contribution is -0.156. The molecule has 186 valence electrons. The molecule has 0 unspecified atom stereocenters. The van der Waals surface area contributed by atoms with E-state index >= 15 is 4.39 Å². The number of hydrogen-bond acceptors (Lipinski definition) is 8. The number of rotatable bonds is 5. The zero-order chi connectivity index (χ0) is 25.1. The Morgan fingerprint density at radius 3 is 2.71 bits per heavy atom. The molecule has 0 saturated carbocycles. The predicted molar refractivity (Wildman–Crippen MR) is 130 cm³/mol. The first-order valence-corrected chi connectivity index (χ1v) is 12.0. The molecule has 0 radical (unpaired) electrons. The first-order chi connectivity index (χ1) is 16.5. The summed E-state index contributed by atoms with van der Waals surface area (Å²) in [6.45, 7) is 7.78. The predicted octanol–water partition coefficient (Wildman–Crippen LogP) is 4.12. The number of benzene rings is 1. The van der Waals surface area contributed by atoms with Gasteiger partial charge in [-0.25, -0.2) is 14.4 Å². The molecular formula is C25H28ClFN4O4. The van der Waals surface area contributed by atoms with Crippen molar-refractivity contribution in [3.63, 3.8) is 0 Å². The van der Waals surface area contributed by atoms with E-state index in [-0.39, 0.29) is 34.6 Å². The van der Waals surface area contributed by atoms with E-state index < -0.39 is 23.8 Å². The SMILES string of the molecule is CC(C)c1c(C(C)(C)O)cnc2c(F)cc(-c3nc(N[C@@H]4C[C@H]5CO[C@H](O5)[C@H]4O)ncc3Cl)cc12. The molecule has 2 fully saturated rings. The Morgan fingerprint density at radius 2 is 2.00 bits per heavy atom. The lowest BCUT2D eigenvalue weighted by atomic mass is 9.86. The zero-order valence-electron chi connectivity index (χ0n) is 19.9. The van der Waals surface area contributed by atoms with Crippen LogP contribution in [0.15, 0.2) is 24.5 Å². The van der Waals surface area contributed by atoms with Gasteiger partial charge >= 0.3 is 0 Å². The van der Waals surface area contributed by atoms with Crippen molar-refractivity contribution in [2.75, 3.05) is 11.9 Å². The summed E-state index contributed by atoms with van der Waals surface area (Å²) >= 11 is 6.45. The maximum atomic E-state index is 15.3. The van der Waals surface area contributed by atoms with Crippen LogP contribution in [0.2, 0.25) is 5.02 Å². The van der Waals surface area contributed by atoms with Gasteiger partial charge in [0, 0.05) is 22.7 Å². The number of anilines is 1. The Balaban J connectivity index is 1.58. The van der Waals surface area contributed by atoms with Gasteiger partial charge in [-0.15, -0.1) is 0 Å². The van der Waals surface area contributed by atoms with Crippen molar-refractivity contribution < 1.29 is 24.1 Å². The minimum atomic E-state index is -1.15. The Morgan fingerprint density at radius 1 is 1.23 bits per heavy atom. The fourth-order valence-corrected chi connectivity index (χ4v) is 5.06. The number of ether oxygens (including phenoxy) is 2. The van der Waals surface area contributed by atoms with E-state index in [1.165, 1.54) is 18.5 Å². The summed E-state index contributed by atoms with van der Waals surface area (Å²) in [6.07, 6.45) is 1.85. The molecule has 0 aliphatic carbocycles. The molecule has 2 aliphatic rings. The van der Waals surface area contributed by atoms with E-state index in [0.29, 0.717) is 35.2 Å². The first-order valence-electron chi connectivity index (χ1n) is 11.6. The summed E-state index contributed by atoms with van der Waals surface area (Å²) in [5.74, 6) is -0.260. The Hall–Kier alpha value is -2.43. The smallest absolute Gasteiger partial charge is 0.223 e. The molecule has 5 rings (SSSR count). The lowest BCUT2D eigenvalue weighted by Crippen LogP contribution is -2.48. The fraction of sp³-hybridized carbons (Fsp3) is 0.480. The van der Waals surface area contributed by atoms with Gasteiger partial charge in [0.1, 0.15) is 17.4 Å². The monoisotopic (exact) mass is 502 g/mol. The quantitative estimate of drug-likeness (QED) is 0.478. The Kier molecular flexibility index (Phi) is 6.17. The number of nitrogens with one attached hydrogen (secondary N) is 1. The van der Waals surface area contributed by atoms with Gasteiger partial charge in [0.25, 0.3) is 0 Å². The third kappa shape index (κ3) is 4.47. The van der Waals surface area contributed by atoms with Gasteiger partial charge in [0.05, 0.1) is 41.3 Å². The highest BCUT2D eigenvalue weighted by Gasteiger charge is 2.43. The molecule has 3 N–H and O–H groups in total. The van der Waals surface area contributed by atoms with E-state index in [1.54, 1.807) is 19.9 Å². The number of pyridine rings is 1. The van der Waals surface area contributed by atoms with Crippen molar-refractivity contribution in [2.45, 2.75) is 70.2 Å². The molecule has 0 spiro atoms. The number of aliphatic hydroxyl groups is 2. The molecule has 2 bridgehead atoms.